The summed E-state index contributed by atoms with van der Waals surface area (Å²) in [7, 11) is 0. The Morgan fingerprint density at radius 3 is 2.67 bits per heavy atom. The van der Waals surface area contributed by atoms with Crippen LogP contribution in [-0.4, -0.2) is 53.8 Å². The molecular weight excluding hydrogens is 304 g/mol. The van der Waals surface area contributed by atoms with Crippen molar-refractivity contribution >= 4 is 11.7 Å². The van der Waals surface area contributed by atoms with E-state index in [2.05, 4.69) is 15.1 Å². The van der Waals surface area contributed by atoms with Gasteiger partial charge in [-0.3, -0.25) is 4.79 Å². The average Bonchev–Trinajstić information content (AvgIpc) is 2.63. The van der Waals surface area contributed by atoms with E-state index in [1.165, 1.54) is 0 Å². The standard InChI is InChI=1S/C18H22N4O2/c1-14-5-6-15(2)16(12-14)24-13-18(23)22-10-8-21(9-11-22)17-4-3-7-19-20-17/h3-7,12H,8-11,13H2,1-2H3. The van der Waals surface area contributed by atoms with Crippen LogP contribution in [0.1, 0.15) is 11.1 Å². The van der Waals surface area contributed by atoms with Gasteiger partial charge in [0, 0.05) is 32.4 Å². The van der Waals surface area contributed by atoms with Crippen molar-refractivity contribution in [1.29, 1.82) is 0 Å². The highest BCUT2D eigenvalue weighted by atomic mass is 16.5. The average molecular weight is 326 g/mol. The number of rotatable bonds is 4. The summed E-state index contributed by atoms with van der Waals surface area (Å²) in [5, 5.41) is 8.01. The zero-order valence-electron chi connectivity index (χ0n) is 14.1. The highest BCUT2D eigenvalue weighted by molar-refractivity contribution is 5.78. The highest BCUT2D eigenvalue weighted by Crippen LogP contribution is 2.19. The first-order chi connectivity index (χ1) is 11.6. The third-order valence-corrected chi connectivity index (χ3v) is 4.21. The number of aryl methyl sites for hydroxylation is 2. The number of carbonyl (C=O) groups excluding carboxylic acids is 1. The number of benzene rings is 1. The zero-order chi connectivity index (χ0) is 16.9. The highest BCUT2D eigenvalue weighted by Gasteiger charge is 2.22. The Balaban J connectivity index is 1.51. The van der Waals surface area contributed by atoms with Gasteiger partial charge in [0.2, 0.25) is 0 Å². The van der Waals surface area contributed by atoms with E-state index in [1.54, 1.807) is 6.20 Å². The van der Waals surface area contributed by atoms with Gasteiger partial charge < -0.3 is 14.5 Å². The van der Waals surface area contributed by atoms with Crippen LogP contribution in [0.3, 0.4) is 0 Å². The number of aromatic nitrogens is 2. The molecule has 6 nitrogen and oxygen atoms in total. The molecule has 0 N–H and O–H groups in total. The van der Waals surface area contributed by atoms with Crippen molar-refractivity contribution in [3.05, 3.63) is 47.7 Å². The van der Waals surface area contributed by atoms with Crippen molar-refractivity contribution in [2.24, 2.45) is 0 Å². The number of amides is 1. The maximum atomic E-state index is 12.4. The number of hydrogen-bond acceptors (Lipinski definition) is 5. The third kappa shape index (κ3) is 3.82. The van der Waals surface area contributed by atoms with E-state index in [0.717, 1.165) is 35.8 Å². The van der Waals surface area contributed by atoms with Gasteiger partial charge >= 0.3 is 0 Å². The minimum atomic E-state index is 0.0229. The first-order valence-electron chi connectivity index (χ1n) is 8.14. The van der Waals surface area contributed by atoms with Gasteiger partial charge in [-0.2, -0.15) is 5.10 Å². The molecule has 0 atom stereocenters. The van der Waals surface area contributed by atoms with Crippen LogP contribution < -0.4 is 9.64 Å². The van der Waals surface area contributed by atoms with Gasteiger partial charge in [0.05, 0.1) is 0 Å². The lowest BCUT2D eigenvalue weighted by molar-refractivity contribution is -0.133. The largest absolute Gasteiger partial charge is 0.483 e. The quantitative estimate of drug-likeness (QED) is 0.858. The Morgan fingerprint density at radius 2 is 1.96 bits per heavy atom. The van der Waals surface area contributed by atoms with Crippen LogP contribution >= 0.6 is 0 Å². The molecule has 0 aliphatic carbocycles. The Morgan fingerprint density at radius 1 is 1.17 bits per heavy atom. The Labute approximate surface area is 142 Å². The van der Waals surface area contributed by atoms with Crippen LogP contribution in [0.5, 0.6) is 5.75 Å². The molecule has 1 aliphatic rings. The minimum absolute atomic E-state index is 0.0229. The molecule has 0 saturated carbocycles. The van der Waals surface area contributed by atoms with Gasteiger partial charge in [-0.1, -0.05) is 12.1 Å². The molecule has 24 heavy (non-hydrogen) atoms. The van der Waals surface area contributed by atoms with Crippen molar-refractivity contribution in [2.45, 2.75) is 13.8 Å². The maximum absolute atomic E-state index is 12.4. The summed E-state index contributed by atoms with van der Waals surface area (Å²) in [6.45, 7) is 6.94. The molecular formula is C18H22N4O2. The number of carbonyl (C=O) groups is 1. The topological polar surface area (TPSA) is 58.6 Å². The van der Waals surface area contributed by atoms with Crippen molar-refractivity contribution in [2.75, 3.05) is 37.7 Å². The number of nitrogens with zero attached hydrogens (tertiary/aromatic N) is 4. The van der Waals surface area contributed by atoms with Crippen LogP contribution in [-0.2, 0) is 4.79 Å². The van der Waals surface area contributed by atoms with Gasteiger partial charge in [-0.05, 0) is 43.2 Å². The molecule has 1 saturated heterocycles. The first-order valence-corrected chi connectivity index (χ1v) is 8.14. The normalized spacial score (nSPS) is 14.6. The molecule has 1 fully saturated rings. The Bertz CT molecular complexity index is 697. The fraction of sp³-hybridized carbons (Fsp3) is 0.389. The van der Waals surface area contributed by atoms with Crippen LogP contribution in [0, 0.1) is 13.8 Å². The molecule has 1 aromatic carbocycles. The molecule has 3 rings (SSSR count). The number of hydrogen-bond donors (Lipinski definition) is 0. The minimum Gasteiger partial charge on any atom is -0.483 e. The fourth-order valence-electron chi connectivity index (χ4n) is 2.74. The SMILES string of the molecule is Cc1ccc(C)c(OCC(=O)N2CCN(c3cccnn3)CC2)c1. The molecule has 1 aromatic heterocycles. The second-order valence-corrected chi connectivity index (χ2v) is 6.01. The van der Waals surface area contributed by atoms with E-state index in [9.17, 15) is 4.79 Å². The molecule has 2 heterocycles. The third-order valence-electron chi connectivity index (χ3n) is 4.21. The lowest BCUT2D eigenvalue weighted by atomic mass is 10.1. The Kier molecular flexibility index (Phi) is 4.93. The van der Waals surface area contributed by atoms with E-state index in [0.29, 0.717) is 13.1 Å². The molecule has 0 bridgehead atoms. The smallest absolute Gasteiger partial charge is 0.260 e. The molecule has 0 radical (unpaired) electrons. The summed E-state index contributed by atoms with van der Waals surface area (Å²) < 4.78 is 5.72. The van der Waals surface area contributed by atoms with Crippen molar-refractivity contribution in [3.8, 4) is 5.75 Å². The van der Waals surface area contributed by atoms with E-state index in [-0.39, 0.29) is 12.5 Å². The number of anilines is 1. The molecule has 126 valence electrons. The van der Waals surface area contributed by atoms with Crippen molar-refractivity contribution in [1.82, 2.24) is 15.1 Å². The van der Waals surface area contributed by atoms with E-state index >= 15 is 0 Å². The second-order valence-electron chi connectivity index (χ2n) is 6.01. The maximum Gasteiger partial charge on any atom is 0.260 e. The predicted molar refractivity (Wildman–Crippen MR) is 92.2 cm³/mol. The summed E-state index contributed by atoms with van der Waals surface area (Å²) in [5.41, 5.74) is 2.17. The summed E-state index contributed by atoms with van der Waals surface area (Å²) in [6.07, 6.45) is 1.66. The molecule has 1 aliphatic heterocycles. The Hall–Kier alpha value is -2.63. The monoisotopic (exact) mass is 326 g/mol. The van der Waals surface area contributed by atoms with Crippen LogP contribution in [0.25, 0.3) is 0 Å². The number of piperazine rings is 1. The second kappa shape index (κ2) is 7.29. The first kappa shape index (κ1) is 16.2. The molecule has 6 heteroatoms. The van der Waals surface area contributed by atoms with Crippen LogP contribution in [0.4, 0.5) is 5.82 Å². The van der Waals surface area contributed by atoms with Gasteiger partial charge in [0.1, 0.15) is 5.75 Å². The van der Waals surface area contributed by atoms with Gasteiger partial charge in [0.15, 0.2) is 12.4 Å². The van der Waals surface area contributed by atoms with Gasteiger partial charge in [0.25, 0.3) is 5.91 Å². The van der Waals surface area contributed by atoms with Crippen molar-refractivity contribution < 1.29 is 9.53 Å². The fourth-order valence-corrected chi connectivity index (χ4v) is 2.74. The van der Waals surface area contributed by atoms with E-state index in [1.807, 2.05) is 49.1 Å². The van der Waals surface area contributed by atoms with Crippen LogP contribution in [0.2, 0.25) is 0 Å². The lowest BCUT2D eigenvalue weighted by Crippen LogP contribution is -2.50. The van der Waals surface area contributed by atoms with E-state index < -0.39 is 0 Å². The summed E-state index contributed by atoms with van der Waals surface area (Å²) >= 11 is 0. The predicted octanol–water partition coefficient (Wildman–Crippen LogP) is 1.82. The number of ether oxygens (including phenoxy) is 1. The molecule has 1 amide bonds. The van der Waals surface area contributed by atoms with Gasteiger partial charge in [-0.25, -0.2) is 0 Å². The van der Waals surface area contributed by atoms with Crippen molar-refractivity contribution in [3.63, 3.8) is 0 Å². The zero-order valence-corrected chi connectivity index (χ0v) is 14.1. The molecule has 0 unspecified atom stereocenters. The summed E-state index contributed by atoms with van der Waals surface area (Å²) in [5.74, 6) is 1.66. The van der Waals surface area contributed by atoms with E-state index in [4.69, 9.17) is 4.74 Å². The lowest BCUT2D eigenvalue weighted by Gasteiger charge is -2.35. The summed E-state index contributed by atoms with van der Waals surface area (Å²) in [4.78, 5) is 16.4. The molecule has 2 aromatic rings. The summed E-state index contributed by atoms with van der Waals surface area (Å²) in [6, 6.07) is 9.82. The van der Waals surface area contributed by atoms with Crippen LogP contribution in [0.15, 0.2) is 36.5 Å². The molecule has 0 spiro atoms. The van der Waals surface area contributed by atoms with Gasteiger partial charge in [-0.15, -0.1) is 5.10 Å².